The van der Waals surface area contributed by atoms with Crippen molar-refractivity contribution in [2.24, 2.45) is 0 Å². The predicted molar refractivity (Wildman–Crippen MR) is 93.1 cm³/mol. The van der Waals surface area contributed by atoms with E-state index in [4.69, 9.17) is 4.74 Å². The van der Waals surface area contributed by atoms with Gasteiger partial charge in [0.25, 0.3) is 0 Å². The zero-order valence-electron chi connectivity index (χ0n) is 13.8. The van der Waals surface area contributed by atoms with Crippen LogP contribution >= 0.6 is 0 Å². The molecule has 1 aliphatic rings. The molecule has 0 aliphatic carbocycles. The van der Waals surface area contributed by atoms with Gasteiger partial charge in [-0.1, -0.05) is 31.2 Å². The summed E-state index contributed by atoms with van der Waals surface area (Å²) >= 11 is 0. The molecule has 0 radical (unpaired) electrons. The third-order valence-corrected chi connectivity index (χ3v) is 4.63. The van der Waals surface area contributed by atoms with Crippen molar-refractivity contribution in [2.45, 2.75) is 32.2 Å². The van der Waals surface area contributed by atoms with Gasteiger partial charge in [-0.2, -0.15) is 0 Å². The van der Waals surface area contributed by atoms with Crippen molar-refractivity contribution in [2.75, 3.05) is 18.6 Å². The smallest absolute Gasteiger partial charge is 0.135 e. The number of benzene rings is 2. The number of carbonyl (C=O) groups excluding carboxylic acids is 1. The summed E-state index contributed by atoms with van der Waals surface area (Å²) in [6.45, 7) is 2.87. The molecule has 2 aromatic rings. The van der Waals surface area contributed by atoms with Gasteiger partial charge in [0, 0.05) is 25.1 Å². The van der Waals surface area contributed by atoms with Gasteiger partial charge in [0.15, 0.2) is 0 Å². The van der Waals surface area contributed by atoms with Crippen molar-refractivity contribution in [1.29, 1.82) is 0 Å². The van der Waals surface area contributed by atoms with Crippen LogP contribution in [0.5, 0.6) is 5.75 Å². The van der Waals surface area contributed by atoms with Gasteiger partial charge in [0.05, 0.1) is 13.2 Å². The summed E-state index contributed by atoms with van der Waals surface area (Å²) in [4.78, 5) is 14.5. The quantitative estimate of drug-likeness (QED) is 0.830. The van der Waals surface area contributed by atoms with E-state index in [1.54, 1.807) is 7.11 Å². The highest BCUT2D eigenvalue weighted by molar-refractivity contribution is 5.79. The van der Waals surface area contributed by atoms with E-state index in [0.29, 0.717) is 18.6 Å². The van der Waals surface area contributed by atoms with E-state index in [9.17, 15) is 4.79 Å². The second-order valence-corrected chi connectivity index (χ2v) is 5.95. The van der Waals surface area contributed by atoms with Gasteiger partial charge >= 0.3 is 0 Å². The van der Waals surface area contributed by atoms with Gasteiger partial charge in [-0.25, -0.2) is 0 Å². The van der Waals surface area contributed by atoms with Crippen molar-refractivity contribution >= 4 is 11.5 Å². The molecule has 1 unspecified atom stereocenters. The second-order valence-electron chi connectivity index (χ2n) is 5.95. The molecule has 1 aliphatic heterocycles. The minimum atomic E-state index is 0.126. The molecule has 3 nitrogen and oxygen atoms in total. The summed E-state index contributed by atoms with van der Waals surface area (Å²) in [6.07, 6.45) is 2.17. The number of methoxy groups -OCH3 is 1. The maximum absolute atomic E-state index is 12.1. The third-order valence-electron chi connectivity index (χ3n) is 4.63. The van der Waals surface area contributed by atoms with E-state index in [1.807, 2.05) is 19.1 Å². The Morgan fingerprint density at radius 1 is 1.17 bits per heavy atom. The van der Waals surface area contributed by atoms with Crippen LogP contribution in [0.4, 0.5) is 5.69 Å². The first-order chi connectivity index (χ1) is 11.2. The Balaban J connectivity index is 1.95. The molecule has 0 bridgehead atoms. The maximum atomic E-state index is 12.1. The zero-order chi connectivity index (χ0) is 16.2. The number of ether oxygens (including phenoxy) is 1. The number of fused-ring (bicyclic) bond motifs is 1. The first-order valence-corrected chi connectivity index (χ1v) is 8.23. The van der Waals surface area contributed by atoms with Crippen LogP contribution in [0.1, 0.15) is 36.9 Å². The molecule has 1 heterocycles. The first kappa shape index (κ1) is 15.6. The molecule has 0 aromatic heterocycles. The summed E-state index contributed by atoms with van der Waals surface area (Å²) in [5, 5.41) is 0. The molecule has 1 atom stereocenters. The number of hydrogen-bond acceptors (Lipinski definition) is 3. The number of Topliss-reactive ketones (excluding diaryl/α,β-unsaturated/α-hetero) is 1. The van der Waals surface area contributed by atoms with E-state index in [1.165, 1.54) is 11.1 Å². The van der Waals surface area contributed by atoms with Crippen molar-refractivity contribution in [3.63, 3.8) is 0 Å². The normalized spacial score (nSPS) is 16.8. The Kier molecular flexibility index (Phi) is 4.65. The summed E-state index contributed by atoms with van der Waals surface area (Å²) in [6, 6.07) is 16.7. The molecule has 0 saturated heterocycles. The Labute approximate surface area is 137 Å². The number of hydrogen-bond donors (Lipinski definition) is 0. The topological polar surface area (TPSA) is 29.5 Å². The third kappa shape index (κ3) is 3.24. The van der Waals surface area contributed by atoms with E-state index in [2.05, 4.69) is 41.3 Å². The van der Waals surface area contributed by atoms with Gasteiger partial charge in [-0.05, 0) is 41.8 Å². The Bertz CT molecular complexity index is 678. The van der Waals surface area contributed by atoms with Crippen molar-refractivity contribution in [3.05, 3.63) is 59.7 Å². The fraction of sp³-hybridized carbons (Fsp3) is 0.350. The fourth-order valence-electron chi connectivity index (χ4n) is 3.31. The van der Waals surface area contributed by atoms with Gasteiger partial charge in [-0.15, -0.1) is 0 Å². The summed E-state index contributed by atoms with van der Waals surface area (Å²) in [7, 11) is 1.68. The first-order valence-electron chi connectivity index (χ1n) is 8.23. The largest absolute Gasteiger partial charge is 0.497 e. The number of nitrogens with zero attached hydrogens (tertiary/aromatic N) is 1. The van der Waals surface area contributed by atoms with Crippen molar-refractivity contribution in [1.82, 2.24) is 0 Å². The number of rotatable bonds is 5. The fourth-order valence-corrected chi connectivity index (χ4v) is 3.31. The Morgan fingerprint density at radius 3 is 2.61 bits per heavy atom. The van der Waals surface area contributed by atoms with Gasteiger partial charge in [0.2, 0.25) is 0 Å². The molecule has 2 aromatic carbocycles. The lowest BCUT2D eigenvalue weighted by Gasteiger charge is -2.39. The maximum Gasteiger partial charge on any atom is 0.135 e. The highest BCUT2D eigenvalue weighted by Crippen LogP contribution is 2.36. The van der Waals surface area contributed by atoms with Gasteiger partial charge < -0.3 is 9.64 Å². The van der Waals surface area contributed by atoms with Crippen molar-refractivity contribution < 1.29 is 9.53 Å². The highest BCUT2D eigenvalue weighted by atomic mass is 16.5. The molecule has 0 N–H and O–H groups in total. The molecular formula is C20H23NO2. The molecular weight excluding hydrogens is 286 g/mol. The van der Waals surface area contributed by atoms with Crippen molar-refractivity contribution in [3.8, 4) is 5.75 Å². The standard InChI is InChI=1S/C20H23NO2/c1-3-17(22)14-20-19-7-5-4-6-15(19)12-13-21(20)16-8-10-18(23-2)11-9-16/h4-11,20H,3,12-14H2,1-2H3. The van der Waals surface area contributed by atoms with Crippen LogP contribution < -0.4 is 9.64 Å². The van der Waals surface area contributed by atoms with Crippen LogP contribution in [0, 0.1) is 0 Å². The summed E-state index contributed by atoms with van der Waals surface area (Å²) < 4.78 is 5.25. The molecule has 120 valence electrons. The Morgan fingerprint density at radius 2 is 1.91 bits per heavy atom. The number of ketones is 1. The zero-order valence-corrected chi connectivity index (χ0v) is 13.8. The minimum absolute atomic E-state index is 0.126. The predicted octanol–water partition coefficient (Wildman–Crippen LogP) is 4.17. The van der Waals surface area contributed by atoms with Crippen LogP contribution in [0.2, 0.25) is 0 Å². The van der Waals surface area contributed by atoms with Crippen LogP contribution in [-0.4, -0.2) is 19.4 Å². The molecule has 3 rings (SSSR count). The van der Waals surface area contributed by atoms with Crippen LogP contribution in [0.3, 0.4) is 0 Å². The van der Waals surface area contributed by atoms with Crippen LogP contribution in [0.15, 0.2) is 48.5 Å². The van der Waals surface area contributed by atoms with Crippen LogP contribution in [-0.2, 0) is 11.2 Å². The lowest BCUT2D eigenvalue weighted by atomic mass is 9.89. The number of anilines is 1. The van der Waals surface area contributed by atoms with Gasteiger partial charge in [0.1, 0.15) is 11.5 Å². The lowest BCUT2D eigenvalue weighted by molar-refractivity contribution is -0.119. The molecule has 0 spiro atoms. The van der Waals surface area contributed by atoms with Crippen LogP contribution in [0.25, 0.3) is 0 Å². The lowest BCUT2D eigenvalue weighted by Crippen LogP contribution is -2.36. The number of carbonyl (C=O) groups is 1. The molecule has 0 saturated carbocycles. The average molecular weight is 309 g/mol. The van der Waals surface area contributed by atoms with E-state index < -0.39 is 0 Å². The van der Waals surface area contributed by atoms with E-state index in [-0.39, 0.29) is 6.04 Å². The van der Waals surface area contributed by atoms with Gasteiger partial charge in [-0.3, -0.25) is 4.79 Å². The molecule has 0 amide bonds. The Hall–Kier alpha value is -2.29. The van der Waals surface area contributed by atoms with E-state index in [0.717, 1.165) is 24.4 Å². The highest BCUT2D eigenvalue weighted by Gasteiger charge is 2.28. The SMILES string of the molecule is CCC(=O)CC1c2ccccc2CCN1c1ccc(OC)cc1. The van der Waals surface area contributed by atoms with E-state index >= 15 is 0 Å². The average Bonchev–Trinajstić information content (AvgIpc) is 2.62. The molecule has 0 fully saturated rings. The summed E-state index contributed by atoms with van der Waals surface area (Å²) in [5.74, 6) is 1.16. The molecule has 23 heavy (non-hydrogen) atoms. The monoisotopic (exact) mass is 309 g/mol. The minimum Gasteiger partial charge on any atom is -0.497 e. The second kappa shape index (κ2) is 6.86. The summed E-state index contributed by atoms with van der Waals surface area (Å²) in [5.41, 5.74) is 3.80. The molecule has 3 heteroatoms.